The van der Waals surface area contributed by atoms with Crippen LogP contribution in [-0.4, -0.2) is 53.7 Å². The van der Waals surface area contributed by atoms with E-state index in [-0.39, 0.29) is 18.9 Å². The second-order valence-corrected chi connectivity index (χ2v) is 7.63. The lowest BCUT2D eigenvalue weighted by Gasteiger charge is -2.09. The van der Waals surface area contributed by atoms with Gasteiger partial charge in [-0.25, -0.2) is 8.98 Å². The highest BCUT2D eigenvalue weighted by Gasteiger charge is 2.23. The average molecular weight is 438 g/mol. The highest BCUT2D eigenvalue weighted by atomic mass is 32.3. The first-order valence-electron chi connectivity index (χ1n) is 9.64. The molecular formula is C18H31NO9S. The van der Waals surface area contributed by atoms with Gasteiger partial charge in [0.15, 0.2) is 6.10 Å². The Morgan fingerprint density at radius 2 is 1.45 bits per heavy atom. The standard InChI is InChI=1S/C18H31NO9S/c20-16(19-14-17(21)22)13-11-9-7-5-3-1-2-4-6-8-10-12-15(18(23)24)28-29(25,26)27/h4,6,15H,1-3,5,7-14H2,(H,19,20)(H,21,22)(H,23,24)(H,25,26,27)/b6-4+. The summed E-state index contributed by atoms with van der Waals surface area (Å²) in [6.07, 6.45) is 10.3. The number of hydrogen-bond acceptors (Lipinski definition) is 6. The summed E-state index contributed by atoms with van der Waals surface area (Å²) >= 11 is 0. The molecule has 168 valence electrons. The Kier molecular flexibility index (Phi) is 14.8. The van der Waals surface area contributed by atoms with Crippen molar-refractivity contribution >= 4 is 28.2 Å². The second-order valence-electron chi connectivity index (χ2n) is 6.58. The van der Waals surface area contributed by atoms with Gasteiger partial charge in [0.25, 0.3) is 0 Å². The molecule has 0 radical (unpaired) electrons. The maximum absolute atomic E-state index is 11.3. The van der Waals surface area contributed by atoms with Crippen molar-refractivity contribution in [2.45, 2.75) is 76.7 Å². The third kappa shape index (κ3) is 19.1. The molecule has 0 heterocycles. The lowest BCUT2D eigenvalue weighted by Crippen LogP contribution is -2.28. The largest absolute Gasteiger partial charge is 0.480 e. The summed E-state index contributed by atoms with van der Waals surface area (Å²) in [4.78, 5) is 32.4. The molecule has 0 aromatic carbocycles. The van der Waals surface area contributed by atoms with E-state index < -0.39 is 28.4 Å². The Bertz CT molecular complexity index is 631. The van der Waals surface area contributed by atoms with Gasteiger partial charge in [-0.05, 0) is 38.5 Å². The van der Waals surface area contributed by atoms with Gasteiger partial charge in [-0.3, -0.25) is 14.1 Å². The first kappa shape index (κ1) is 27.0. The van der Waals surface area contributed by atoms with E-state index >= 15 is 0 Å². The van der Waals surface area contributed by atoms with E-state index in [1.807, 2.05) is 12.2 Å². The van der Waals surface area contributed by atoms with E-state index in [2.05, 4.69) is 9.50 Å². The molecule has 11 heteroatoms. The smallest absolute Gasteiger partial charge is 0.398 e. The molecule has 29 heavy (non-hydrogen) atoms. The van der Waals surface area contributed by atoms with Crippen molar-refractivity contribution in [1.82, 2.24) is 5.32 Å². The maximum Gasteiger partial charge on any atom is 0.398 e. The molecule has 10 nitrogen and oxygen atoms in total. The minimum absolute atomic E-state index is 0.0200. The monoisotopic (exact) mass is 437 g/mol. The van der Waals surface area contributed by atoms with Crippen LogP contribution in [-0.2, 0) is 29.0 Å². The molecule has 0 fully saturated rings. The van der Waals surface area contributed by atoms with Crippen LogP contribution in [0.15, 0.2) is 12.2 Å². The zero-order valence-electron chi connectivity index (χ0n) is 16.4. The van der Waals surface area contributed by atoms with Gasteiger partial charge in [-0.15, -0.1) is 0 Å². The van der Waals surface area contributed by atoms with Crippen molar-refractivity contribution in [3.63, 3.8) is 0 Å². The minimum Gasteiger partial charge on any atom is -0.480 e. The fraction of sp³-hybridized carbons (Fsp3) is 0.722. The lowest BCUT2D eigenvalue weighted by molar-refractivity contribution is -0.145. The molecule has 1 amide bonds. The first-order chi connectivity index (χ1) is 13.6. The molecule has 0 aliphatic rings. The molecule has 1 atom stereocenters. The number of amides is 1. The molecule has 0 aromatic rings. The quantitative estimate of drug-likeness (QED) is 0.143. The Labute approximate surface area is 171 Å². The highest BCUT2D eigenvalue weighted by Crippen LogP contribution is 2.11. The van der Waals surface area contributed by atoms with E-state index in [9.17, 15) is 22.8 Å². The van der Waals surface area contributed by atoms with Crippen LogP contribution in [0.3, 0.4) is 0 Å². The van der Waals surface area contributed by atoms with Crippen molar-refractivity contribution in [3.05, 3.63) is 12.2 Å². The number of unbranched alkanes of at least 4 members (excludes halogenated alkanes) is 7. The molecule has 0 rings (SSSR count). The summed E-state index contributed by atoms with van der Waals surface area (Å²) in [7, 11) is -4.78. The number of allylic oxidation sites excluding steroid dienone is 2. The number of carbonyl (C=O) groups is 3. The number of carbonyl (C=O) groups excluding carboxylic acids is 1. The average Bonchev–Trinajstić information content (AvgIpc) is 2.61. The number of rotatable bonds is 18. The minimum atomic E-state index is -4.78. The predicted octanol–water partition coefficient (Wildman–Crippen LogP) is 2.31. The van der Waals surface area contributed by atoms with Crippen LogP contribution in [0.1, 0.15) is 70.6 Å². The van der Waals surface area contributed by atoms with Crippen LogP contribution in [0.2, 0.25) is 0 Å². The summed E-state index contributed by atoms with van der Waals surface area (Å²) in [5, 5.41) is 19.6. The first-order valence-corrected chi connectivity index (χ1v) is 11.0. The molecular weight excluding hydrogens is 406 g/mol. The number of carboxylic acid groups (broad SMARTS) is 2. The molecule has 1 unspecified atom stereocenters. The molecule has 0 saturated heterocycles. The van der Waals surface area contributed by atoms with E-state index in [1.54, 1.807) is 0 Å². The van der Waals surface area contributed by atoms with Crippen molar-refractivity contribution in [2.24, 2.45) is 0 Å². The van der Waals surface area contributed by atoms with Crippen LogP contribution < -0.4 is 5.32 Å². The fourth-order valence-electron chi connectivity index (χ4n) is 2.53. The van der Waals surface area contributed by atoms with Crippen LogP contribution in [0.4, 0.5) is 0 Å². The molecule has 0 aliphatic carbocycles. The third-order valence-corrected chi connectivity index (χ3v) is 4.45. The van der Waals surface area contributed by atoms with E-state index in [4.69, 9.17) is 14.8 Å². The Hall–Kier alpha value is -1.98. The summed E-state index contributed by atoms with van der Waals surface area (Å²) in [6.45, 7) is -0.342. The fourth-order valence-corrected chi connectivity index (χ4v) is 3.01. The zero-order chi connectivity index (χ0) is 22.1. The maximum atomic E-state index is 11.3. The Morgan fingerprint density at radius 3 is 2.00 bits per heavy atom. The Morgan fingerprint density at radius 1 is 0.897 bits per heavy atom. The summed E-state index contributed by atoms with van der Waals surface area (Å²) in [6, 6.07) is 0. The van der Waals surface area contributed by atoms with E-state index in [0.717, 1.165) is 44.9 Å². The third-order valence-electron chi connectivity index (χ3n) is 3.98. The van der Waals surface area contributed by atoms with Gasteiger partial charge >= 0.3 is 22.3 Å². The number of hydrogen-bond donors (Lipinski definition) is 4. The molecule has 4 N–H and O–H groups in total. The van der Waals surface area contributed by atoms with Gasteiger partial charge < -0.3 is 15.5 Å². The second kappa shape index (κ2) is 15.9. The van der Waals surface area contributed by atoms with Gasteiger partial charge in [-0.2, -0.15) is 8.42 Å². The van der Waals surface area contributed by atoms with Crippen LogP contribution in [0.25, 0.3) is 0 Å². The predicted molar refractivity (Wildman–Crippen MR) is 105 cm³/mol. The van der Waals surface area contributed by atoms with Crippen molar-refractivity contribution < 1.29 is 41.8 Å². The summed E-state index contributed by atoms with van der Waals surface area (Å²) < 4.78 is 33.7. The zero-order valence-corrected chi connectivity index (χ0v) is 17.2. The van der Waals surface area contributed by atoms with Gasteiger partial charge in [0.05, 0.1) is 0 Å². The molecule has 0 spiro atoms. The Balaban J connectivity index is 3.57. The van der Waals surface area contributed by atoms with Crippen molar-refractivity contribution in [3.8, 4) is 0 Å². The van der Waals surface area contributed by atoms with Crippen molar-refractivity contribution in [2.75, 3.05) is 6.54 Å². The molecule has 0 saturated carbocycles. The van der Waals surface area contributed by atoms with Gasteiger partial charge in [0.1, 0.15) is 6.54 Å². The van der Waals surface area contributed by atoms with Crippen LogP contribution >= 0.6 is 0 Å². The summed E-state index contributed by atoms with van der Waals surface area (Å²) in [5.41, 5.74) is 0. The van der Waals surface area contributed by atoms with Crippen molar-refractivity contribution in [1.29, 1.82) is 0 Å². The van der Waals surface area contributed by atoms with Crippen LogP contribution in [0, 0.1) is 0 Å². The molecule has 0 aromatic heterocycles. The normalized spacial score (nSPS) is 12.7. The van der Waals surface area contributed by atoms with E-state index in [1.165, 1.54) is 0 Å². The SMILES string of the molecule is O=C(O)CNC(=O)CCCCCCCC/C=C/CCCC(OS(=O)(=O)O)C(=O)O. The molecule has 0 aliphatic heterocycles. The topological polar surface area (TPSA) is 167 Å². The number of carboxylic acids is 2. The van der Waals surface area contributed by atoms with Crippen LogP contribution in [0.5, 0.6) is 0 Å². The number of aliphatic carboxylic acids is 2. The van der Waals surface area contributed by atoms with E-state index in [0.29, 0.717) is 19.3 Å². The highest BCUT2D eigenvalue weighted by molar-refractivity contribution is 7.80. The van der Waals surface area contributed by atoms with Gasteiger partial charge in [-0.1, -0.05) is 37.8 Å². The van der Waals surface area contributed by atoms with Gasteiger partial charge in [0, 0.05) is 6.42 Å². The van der Waals surface area contributed by atoms with Gasteiger partial charge in [0.2, 0.25) is 5.91 Å². The molecule has 0 bridgehead atoms. The summed E-state index contributed by atoms with van der Waals surface area (Å²) in [5.74, 6) is -2.73. The number of nitrogens with one attached hydrogen (secondary N) is 1. The lowest BCUT2D eigenvalue weighted by atomic mass is 10.1.